The number of benzene rings is 3. The van der Waals surface area contributed by atoms with E-state index in [0.29, 0.717) is 28.8 Å². The summed E-state index contributed by atoms with van der Waals surface area (Å²) in [5.74, 6) is -0.645. The highest BCUT2D eigenvalue weighted by atomic mass is 32.2. The number of thioether (sulfide) groups is 1. The molecule has 1 heterocycles. The topological polar surface area (TPSA) is 59.8 Å². The molecule has 3 aromatic carbocycles. The number of carbonyl (C=O) groups excluding carboxylic acids is 1. The minimum atomic E-state index is -5.02. The van der Waals surface area contributed by atoms with Gasteiger partial charge in [0.15, 0.2) is 11.0 Å². The average Bonchev–Trinajstić information content (AvgIpc) is 3.26. The highest BCUT2D eigenvalue weighted by Gasteiger charge is 2.37. The van der Waals surface area contributed by atoms with E-state index >= 15 is 0 Å². The molecule has 0 unspecified atom stereocenters. The zero-order valence-electron chi connectivity index (χ0n) is 19.1. The molecule has 4 rings (SSSR count). The monoisotopic (exact) mass is 536 g/mol. The molecule has 4 aromatic rings. The molecular weight excluding hydrogens is 518 g/mol. The molecule has 0 fully saturated rings. The van der Waals surface area contributed by atoms with Crippen molar-refractivity contribution in [2.45, 2.75) is 24.4 Å². The Hall–Kier alpha value is -3.80. The van der Waals surface area contributed by atoms with E-state index < -0.39 is 35.1 Å². The maximum absolute atomic E-state index is 13.1. The van der Waals surface area contributed by atoms with Crippen molar-refractivity contribution in [1.82, 2.24) is 14.8 Å². The lowest BCUT2D eigenvalue weighted by atomic mass is 10.1. The normalized spacial score (nSPS) is 12.0. The number of nitrogens with zero attached hydrogens (tertiary/aromatic N) is 3. The second-order valence-electron chi connectivity index (χ2n) is 7.97. The molecule has 0 aliphatic heterocycles. The van der Waals surface area contributed by atoms with E-state index in [0.717, 1.165) is 22.9 Å². The number of amides is 1. The summed E-state index contributed by atoms with van der Waals surface area (Å²) in [5, 5.41) is 10.8. The molecule has 0 saturated carbocycles. The Kier molecular flexibility index (Phi) is 7.30. The summed E-state index contributed by atoms with van der Waals surface area (Å²) >= 11 is 0.941. The molecular formula is C25H18F6N4OS. The predicted octanol–water partition coefficient (Wildman–Crippen LogP) is 7.01. The third-order valence-electron chi connectivity index (χ3n) is 5.16. The molecule has 5 nitrogen and oxygen atoms in total. The number of hydrogen-bond donors (Lipinski definition) is 1. The molecule has 0 saturated heterocycles. The Bertz CT molecular complexity index is 1370. The van der Waals surface area contributed by atoms with Crippen molar-refractivity contribution in [3.63, 3.8) is 0 Å². The van der Waals surface area contributed by atoms with Crippen LogP contribution < -0.4 is 5.32 Å². The summed E-state index contributed by atoms with van der Waals surface area (Å²) in [7, 11) is 0. The van der Waals surface area contributed by atoms with Gasteiger partial charge in [0.05, 0.1) is 16.9 Å². The van der Waals surface area contributed by atoms with Crippen molar-refractivity contribution < 1.29 is 31.1 Å². The van der Waals surface area contributed by atoms with Crippen LogP contribution in [-0.2, 0) is 17.1 Å². The highest BCUT2D eigenvalue weighted by Crippen LogP contribution is 2.37. The molecule has 37 heavy (non-hydrogen) atoms. The van der Waals surface area contributed by atoms with Gasteiger partial charge in [0, 0.05) is 16.9 Å². The Morgan fingerprint density at radius 1 is 0.865 bits per heavy atom. The molecule has 12 heteroatoms. The SMILES string of the molecule is Cc1ccc(-n2c(SCC(=O)Nc3cc(C(F)(F)F)cc(C(F)(F)F)c3)nnc2-c2ccccc2)cc1. The molecule has 0 radical (unpaired) electrons. The third kappa shape index (κ3) is 6.31. The van der Waals surface area contributed by atoms with Crippen molar-refractivity contribution >= 4 is 23.4 Å². The van der Waals surface area contributed by atoms with Gasteiger partial charge in [-0.25, -0.2) is 0 Å². The van der Waals surface area contributed by atoms with Crippen LogP contribution in [0.3, 0.4) is 0 Å². The van der Waals surface area contributed by atoms with Crippen LogP contribution in [0.15, 0.2) is 78.0 Å². The number of halogens is 6. The van der Waals surface area contributed by atoms with Gasteiger partial charge >= 0.3 is 12.4 Å². The molecule has 1 amide bonds. The molecule has 0 atom stereocenters. The lowest BCUT2D eigenvalue weighted by Crippen LogP contribution is -2.17. The predicted molar refractivity (Wildman–Crippen MR) is 127 cm³/mol. The van der Waals surface area contributed by atoms with Crippen molar-refractivity contribution in [2.24, 2.45) is 0 Å². The van der Waals surface area contributed by atoms with Crippen LogP contribution in [-0.4, -0.2) is 26.4 Å². The second-order valence-corrected chi connectivity index (χ2v) is 8.92. The molecule has 0 aliphatic rings. The van der Waals surface area contributed by atoms with E-state index in [9.17, 15) is 31.1 Å². The van der Waals surface area contributed by atoms with Crippen LogP contribution in [0.2, 0.25) is 0 Å². The van der Waals surface area contributed by atoms with Gasteiger partial charge in [-0.1, -0.05) is 59.8 Å². The fourth-order valence-electron chi connectivity index (χ4n) is 3.42. The third-order valence-corrected chi connectivity index (χ3v) is 6.09. The first kappa shape index (κ1) is 26.3. The minimum absolute atomic E-state index is 0.000431. The van der Waals surface area contributed by atoms with Crippen LogP contribution >= 0.6 is 11.8 Å². The number of hydrogen-bond acceptors (Lipinski definition) is 4. The van der Waals surface area contributed by atoms with E-state index in [2.05, 4.69) is 15.5 Å². The summed E-state index contributed by atoms with van der Waals surface area (Å²) < 4.78 is 80.4. The maximum Gasteiger partial charge on any atom is 0.416 e. The lowest BCUT2D eigenvalue weighted by Gasteiger charge is -2.15. The first-order valence-electron chi connectivity index (χ1n) is 10.7. The maximum atomic E-state index is 13.1. The Labute approximate surface area is 211 Å². The quantitative estimate of drug-likeness (QED) is 0.213. The summed E-state index contributed by atoms with van der Waals surface area (Å²) in [5.41, 5.74) is -1.15. The van der Waals surface area contributed by atoms with Gasteiger partial charge in [0.2, 0.25) is 5.91 Å². The largest absolute Gasteiger partial charge is 0.416 e. The van der Waals surface area contributed by atoms with Crippen LogP contribution in [0.25, 0.3) is 17.1 Å². The number of aromatic nitrogens is 3. The summed E-state index contributed by atoms with van der Waals surface area (Å²) in [6.07, 6.45) is -10.0. The van der Waals surface area contributed by atoms with Gasteiger partial charge < -0.3 is 5.32 Å². The fourth-order valence-corrected chi connectivity index (χ4v) is 4.17. The Balaban J connectivity index is 1.59. The van der Waals surface area contributed by atoms with Crippen molar-refractivity contribution in [1.29, 1.82) is 0 Å². The Morgan fingerprint density at radius 3 is 2.03 bits per heavy atom. The van der Waals surface area contributed by atoms with E-state index in [1.165, 1.54) is 0 Å². The van der Waals surface area contributed by atoms with Gasteiger partial charge in [-0.15, -0.1) is 10.2 Å². The molecule has 1 aromatic heterocycles. The van der Waals surface area contributed by atoms with E-state index in [-0.39, 0.29) is 11.8 Å². The van der Waals surface area contributed by atoms with Gasteiger partial charge in [0.1, 0.15) is 0 Å². The summed E-state index contributed by atoms with van der Waals surface area (Å²) in [6, 6.07) is 17.5. The minimum Gasteiger partial charge on any atom is -0.325 e. The smallest absolute Gasteiger partial charge is 0.325 e. The summed E-state index contributed by atoms with van der Waals surface area (Å²) in [4.78, 5) is 12.5. The van der Waals surface area contributed by atoms with Gasteiger partial charge in [-0.3, -0.25) is 9.36 Å². The lowest BCUT2D eigenvalue weighted by molar-refractivity contribution is -0.143. The Morgan fingerprint density at radius 2 is 1.46 bits per heavy atom. The van der Waals surface area contributed by atoms with Crippen molar-refractivity contribution in [3.8, 4) is 17.1 Å². The fraction of sp³-hybridized carbons (Fsp3) is 0.160. The zero-order valence-corrected chi connectivity index (χ0v) is 19.9. The number of alkyl halides is 6. The zero-order chi connectivity index (χ0) is 26.8. The molecule has 1 N–H and O–H groups in total. The van der Waals surface area contributed by atoms with Gasteiger partial charge in [-0.05, 0) is 37.3 Å². The second kappa shape index (κ2) is 10.3. The number of aryl methyl sites for hydroxylation is 1. The number of anilines is 1. The molecule has 0 aliphatic carbocycles. The number of nitrogens with one attached hydrogen (secondary N) is 1. The molecule has 192 valence electrons. The average molecular weight is 537 g/mol. The highest BCUT2D eigenvalue weighted by molar-refractivity contribution is 7.99. The first-order chi connectivity index (χ1) is 17.4. The van der Waals surface area contributed by atoms with Crippen LogP contribution in [0, 0.1) is 6.92 Å². The van der Waals surface area contributed by atoms with Gasteiger partial charge in [0.25, 0.3) is 0 Å². The van der Waals surface area contributed by atoms with Crippen LogP contribution in [0.5, 0.6) is 0 Å². The summed E-state index contributed by atoms with van der Waals surface area (Å²) in [6.45, 7) is 1.92. The van der Waals surface area contributed by atoms with E-state index in [4.69, 9.17) is 0 Å². The van der Waals surface area contributed by atoms with E-state index in [1.54, 1.807) is 4.57 Å². The van der Waals surface area contributed by atoms with Crippen molar-refractivity contribution in [2.75, 3.05) is 11.1 Å². The number of carbonyl (C=O) groups is 1. The van der Waals surface area contributed by atoms with E-state index in [1.807, 2.05) is 61.5 Å². The van der Waals surface area contributed by atoms with Gasteiger partial charge in [-0.2, -0.15) is 26.3 Å². The van der Waals surface area contributed by atoms with Crippen LogP contribution in [0.4, 0.5) is 32.0 Å². The first-order valence-corrected chi connectivity index (χ1v) is 11.7. The molecule has 0 bridgehead atoms. The standard InChI is InChI=1S/C25H18F6N4OS/c1-15-7-9-20(10-8-15)35-22(16-5-3-2-4-6-16)33-34-23(35)37-14-21(36)32-19-12-17(24(26,27)28)11-18(13-19)25(29,30)31/h2-13H,14H2,1H3,(H,32,36). The van der Waals surface area contributed by atoms with Crippen LogP contribution in [0.1, 0.15) is 16.7 Å². The molecule has 0 spiro atoms. The van der Waals surface area contributed by atoms with Crippen molar-refractivity contribution in [3.05, 3.63) is 89.5 Å². The number of rotatable bonds is 6.